The van der Waals surface area contributed by atoms with Crippen LogP contribution in [0.3, 0.4) is 0 Å². The Bertz CT molecular complexity index is 1070. The van der Waals surface area contributed by atoms with Gasteiger partial charge in [0.15, 0.2) is 0 Å². The zero-order chi connectivity index (χ0) is 20.5. The first kappa shape index (κ1) is 19.5. The Morgan fingerprint density at radius 1 is 1.20 bits per heavy atom. The van der Waals surface area contributed by atoms with E-state index < -0.39 is 0 Å². The van der Waals surface area contributed by atoms with Crippen LogP contribution in [-0.2, 0) is 6.54 Å². The number of imidazole rings is 1. The molecule has 156 valence electrons. The van der Waals surface area contributed by atoms with Gasteiger partial charge in [0.1, 0.15) is 5.50 Å². The maximum atomic E-state index is 11.9. The summed E-state index contributed by atoms with van der Waals surface area (Å²) in [6.45, 7) is 0.754. The summed E-state index contributed by atoms with van der Waals surface area (Å²) in [5.74, 6) is -0.0917. The molecule has 0 spiro atoms. The molecule has 1 amide bonds. The topological polar surface area (TPSA) is 71.0 Å². The summed E-state index contributed by atoms with van der Waals surface area (Å²) in [5.41, 5.74) is 5.22. The lowest BCUT2D eigenvalue weighted by molar-refractivity contribution is 0.0963. The quantitative estimate of drug-likeness (QED) is 0.577. The Morgan fingerprint density at radius 3 is 2.90 bits per heavy atom. The van der Waals surface area contributed by atoms with Gasteiger partial charge in [0, 0.05) is 35.8 Å². The van der Waals surface area contributed by atoms with Gasteiger partial charge in [-0.3, -0.25) is 10.1 Å². The molecule has 0 saturated heterocycles. The summed E-state index contributed by atoms with van der Waals surface area (Å²) in [7, 11) is 1.64. The lowest BCUT2D eigenvalue weighted by Gasteiger charge is -2.26. The predicted octanol–water partition coefficient (Wildman–Crippen LogP) is 4.17. The fourth-order valence-electron chi connectivity index (χ4n) is 4.41. The molecule has 1 fully saturated rings. The third-order valence-corrected chi connectivity index (χ3v) is 7.11. The largest absolute Gasteiger partial charge is 0.360 e. The first-order chi connectivity index (χ1) is 14.7. The van der Waals surface area contributed by atoms with Crippen molar-refractivity contribution in [3.05, 3.63) is 53.9 Å². The number of rotatable bonds is 5. The van der Waals surface area contributed by atoms with Gasteiger partial charge in [0.05, 0.1) is 17.4 Å². The summed E-state index contributed by atoms with van der Waals surface area (Å²) in [4.78, 5) is 17.7. The molecule has 1 unspecified atom stereocenters. The smallest absolute Gasteiger partial charge is 0.251 e. The van der Waals surface area contributed by atoms with E-state index in [0.717, 1.165) is 17.6 Å². The van der Waals surface area contributed by atoms with Crippen LogP contribution in [0.25, 0.3) is 11.0 Å². The van der Waals surface area contributed by atoms with E-state index in [9.17, 15) is 4.79 Å². The molecular weight excluding hydrogens is 394 g/mol. The maximum absolute atomic E-state index is 11.9. The van der Waals surface area contributed by atoms with E-state index in [1.807, 2.05) is 36.3 Å². The Kier molecular flexibility index (Phi) is 5.39. The number of benzene rings is 2. The van der Waals surface area contributed by atoms with E-state index in [2.05, 4.69) is 43.7 Å². The van der Waals surface area contributed by atoms with Crippen molar-refractivity contribution in [3.8, 4) is 0 Å². The minimum absolute atomic E-state index is 0.0917. The second kappa shape index (κ2) is 8.32. The number of nitrogens with zero attached hydrogens (tertiary/aromatic N) is 2. The lowest BCUT2D eigenvalue weighted by Crippen LogP contribution is -2.40. The fourth-order valence-corrected chi connectivity index (χ4v) is 5.58. The number of aromatic nitrogens is 2. The number of carbonyl (C=O) groups excluding carboxylic acids is 1. The summed E-state index contributed by atoms with van der Waals surface area (Å²) in [6, 6.07) is 12.9. The summed E-state index contributed by atoms with van der Waals surface area (Å²) >= 11 is 1.88. The van der Waals surface area contributed by atoms with Crippen molar-refractivity contribution in [3.63, 3.8) is 0 Å². The molecule has 0 radical (unpaired) electrons. The normalized spacial score (nSPS) is 18.9. The number of thioether (sulfide) groups is 1. The molecule has 2 aromatic carbocycles. The van der Waals surface area contributed by atoms with Gasteiger partial charge < -0.3 is 15.2 Å². The van der Waals surface area contributed by atoms with Gasteiger partial charge in [-0.2, -0.15) is 0 Å². The van der Waals surface area contributed by atoms with Gasteiger partial charge in [0.25, 0.3) is 5.91 Å². The van der Waals surface area contributed by atoms with E-state index in [0.29, 0.717) is 11.6 Å². The molecule has 0 bridgehead atoms. The molecule has 1 atom stereocenters. The molecule has 1 saturated carbocycles. The third-order valence-electron chi connectivity index (χ3n) is 6.03. The van der Waals surface area contributed by atoms with Crippen LogP contribution in [0.15, 0.2) is 47.6 Å². The number of hydrogen-bond acceptors (Lipinski definition) is 5. The predicted molar refractivity (Wildman–Crippen MR) is 122 cm³/mol. The molecule has 1 aliphatic heterocycles. The third kappa shape index (κ3) is 3.91. The van der Waals surface area contributed by atoms with E-state index in [1.54, 1.807) is 7.05 Å². The van der Waals surface area contributed by atoms with E-state index in [4.69, 9.17) is 0 Å². The van der Waals surface area contributed by atoms with Crippen LogP contribution in [0.1, 0.15) is 48.0 Å². The van der Waals surface area contributed by atoms with Crippen LogP contribution in [0.4, 0.5) is 5.69 Å². The van der Waals surface area contributed by atoms with Crippen molar-refractivity contribution in [1.82, 2.24) is 20.2 Å². The average Bonchev–Trinajstić information content (AvgIpc) is 3.36. The van der Waals surface area contributed by atoms with Crippen molar-refractivity contribution in [2.24, 2.45) is 0 Å². The van der Waals surface area contributed by atoms with Crippen molar-refractivity contribution in [2.45, 2.75) is 55.1 Å². The Morgan fingerprint density at radius 2 is 2.07 bits per heavy atom. The number of nitrogens with one attached hydrogen (secondary N) is 3. The van der Waals surface area contributed by atoms with E-state index in [1.165, 1.54) is 48.3 Å². The first-order valence-corrected chi connectivity index (χ1v) is 11.6. The number of fused-ring (bicyclic) bond motifs is 2. The Hall–Kier alpha value is -2.51. The van der Waals surface area contributed by atoms with Crippen molar-refractivity contribution in [2.75, 3.05) is 12.4 Å². The van der Waals surface area contributed by atoms with Crippen LogP contribution in [0.5, 0.6) is 0 Å². The zero-order valence-electron chi connectivity index (χ0n) is 17.1. The number of carbonyl (C=O) groups is 1. The number of hydrogen-bond donors (Lipinski definition) is 3. The van der Waals surface area contributed by atoms with Crippen molar-refractivity contribution >= 4 is 34.4 Å². The van der Waals surface area contributed by atoms with E-state index >= 15 is 0 Å². The van der Waals surface area contributed by atoms with Crippen LogP contribution >= 0.6 is 11.8 Å². The molecule has 5 rings (SSSR count). The molecule has 6 nitrogen and oxygen atoms in total. The highest BCUT2D eigenvalue weighted by atomic mass is 32.2. The highest BCUT2D eigenvalue weighted by Crippen LogP contribution is 2.38. The van der Waals surface area contributed by atoms with Crippen molar-refractivity contribution < 1.29 is 4.79 Å². The maximum Gasteiger partial charge on any atom is 0.251 e. The van der Waals surface area contributed by atoms with Crippen LogP contribution in [-0.4, -0.2) is 34.0 Å². The SMILES string of the molecule is CNC(=O)c1ccc2c(c1)ncn2Cc1ccc2c(c1)SC(NC1CCCCC1)N2. The van der Waals surface area contributed by atoms with Crippen molar-refractivity contribution in [1.29, 1.82) is 0 Å². The summed E-state index contributed by atoms with van der Waals surface area (Å²) < 4.78 is 2.13. The highest BCUT2D eigenvalue weighted by Gasteiger charge is 2.25. The van der Waals surface area contributed by atoms with Crippen LogP contribution < -0.4 is 16.0 Å². The van der Waals surface area contributed by atoms with Crippen LogP contribution in [0.2, 0.25) is 0 Å². The molecule has 1 aromatic heterocycles. The average molecular weight is 422 g/mol. The van der Waals surface area contributed by atoms with E-state index in [-0.39, 0.29) is 11.4 Å². The fraction of sp³-hybridized carbons (Fsp3) is 0.391. The van der Waals surface area contributed by atoms with Gasteiger partial charge in [-0.15, -0.1) is 0 Å². The summed E-state index contributed by atoms with van der Waals surface area (Å²) in [5, 5.41) is 10.1. The number of anilines is 1. The van der Waals surface area contributed by atoms with Gasteiger partial charge in [0.2, 0.25) is 0 Å². The molecule has 2 aliphatic rings. The minimum Gasteiger partial charge on any atom is -0.360 e. The highest BCUT2D eigenvalue weighted by molar-refractivity contribution is 8.00. The minimum atomic E-state index is -0.0917. The Labute approximate surface area is 180 Å². The molecule has 1 aliphatic carbocycles. The Balaban J connectivity index is 1.29. The van der Waals surface area contributed by atoms with Crippen LogP contribution in [0, 0.1) is 0 Å². The molecule has 3 aromatic rings. The van der Waals surface area contributed by atoms with Gasteiger partial charge in [-0.1, -0.05) is 37.1 Å². The molecule has 3 N–H and O–H groups in total. The summed E-state index contributed by atoms with van der Waals surface area (Å²) in [6.07, 6.45) is 8.49. The monoisotopic (exact) mass is 421 g/mol. The zero-order valence-corrected chi connectivity index (χ0v) is 18.0. The lowest BCUT2D eigenvalue weighted by atomic mass is 9.96. The number of amides is 1. The molecule has 7 heteroatoms. The second-order valence-corrected chi connectivity index (χ2v) is 9.28. The standard InChI is InChI=1S/C23H27N5OS/c1-24-22(29)16-8-10-20-19(12-16)25-14-28(20)13-15-7-9-18-21(11-15)30-23(27-18)26-17-5-3-2-4-6-17/h7-12,14,17,23,26-27H,2-6,13H2,1H3,(H,24,29). The second-order valence-electron chi connectivity index (χ2n) is 8.13. The van der Waals surface area contributed by atoms with Gasteiger partial charge in [-0.25, -0.2) is 4.98 Å². The molecular formula is C23H27N5OS. The first-order valence-electron chi connectivity index (χ1n) is 10.7. The van der Waals surface area contributed by atoms with Gasteiger partial charge >= 0.3 is 0 Å². The van der Waals surface area contributed by atoms with Gasteiger partial charge in [-0.05, 0) is 48.7 Å². The molecule has 30 heavy (non-hydrogen) atoms. The molecule has 2 heterocycles.